The van der Waals surface area contributed by atoms with Crippen LogP contribution < -0.4 is 10.1 Å². The van der Waals surface area contributed by atoms with Crippen molar-refractivity contribution in [3.63, 3.8) is 0 Å². The summed E-state index contributed by atoms with van der Waals surface area (Å²) in [6.45, 7) is 3.93. The van der Waals surface area contributed by atoms with Crippen LogP contribution in [0.4, 0.5) is 18.9 Å². The molecule has 1 amide bonds. The van der Waals surface area contributed by atoms with Gasteiger partial charge in [0.1, 0.15) is 12.4 Å². The minimum Gasteiger partial charge on any atom is -0.489 e. The van der Waals surface area contributed by atoms with Crippen molar-refractivity contribution in [3.05, 3.63) is 58.7 Å². The molecule has 9 heteroatoms. The van der Waals surface area contributed by atoms with Crippen molar-refractivity contribution in [3.8, 4) is 5.75 Å². The number of hydrogen-bond acceptors (Lipinski definition) is 5. The summed E-state index contributed by atoms with van der Waals surface area (Å²) in [5.41, 5.74) is 1.97. The van der Waals surface area contributed by atoms with Gasteiger partial charge in [-0.1, -0.05) is 18.2 Å². The van der Waals surface area contributed by atoms with Crippen LogP contribution >= 0.6 is 0 Å². The average Bonchev–Trinajstić information content (AvgIpc) is 2.88. The van der Waals surface area contributed by atoms with E-state index >= 15 is 0 Å². The van der Waals surface area contributed by atoms with Crippen LogP contribution in [-0.2, 0) is 30.7 Å². The molecule has 0 spiro atoms. The van der Waals surface area contributed by atoms with Crippen molar-refractivity contribution in [2.24, 2.45) is 17.3 Å². The maximum atomic E-state index is 13.6. The number of hydrogen-bond donors (Lipinski definition) is 1. The predicted octanol–water partition coefficient (Wildman–Crippen LogP) is 6.37. The fraction of sp³-hybridized carbons (Fsp3) is 0.548. The van der Waals surface area contributed by atoms with Gasteiger partial charge in [0.05, 0.1) is 23.3 Å². The van der Waals surface area contributed by atoms with Crippen LogP contribution in [0.5, 0.6) is 5.75 Å². The van der Waals surface area contributed by atoms with Crippen molar-refractivity contribution in [2.75, 3.05) is 32.2 Å². The van der Waals surface area contributed by atoms with Gasteiger partial charge in [0, 0.05) is 7.11 Å². The van der Waals surface area contributed by atoms with Crippen molar-refractivity contribution in [1.29, 1.82) is 0 Å². The number of rotatable bonds is 9. The van der Waals surface area contributed by atoms with Gasteiger partial charge in [-0.2, -0.15) is 13.2 Å². The van der Waals surface area contributed by atoms with E-state index in [2.05, 4.69) is 37.4 Å². The monoisotopic (exact) mass is 559 g/mol. The molecular weight excluding hydrogens is 523 g/mol. The zero-order chi connectivity index (χ0) is 28.7. The Balaban J connectivity index is 1.29. The smallest absolute Gasteiger partial charge is 0.416 e. The third-order valence-corrected chi connectivity index (χ3v) is 9.07. The summed E-state index contributed by atoms with van der Waals surface area (Å²) in [5.74, 6) is -0.174. The summed E-state index contributed by atoms with van der Waals surface area (Å²) in [5, 5.41) is 2.44. The van der Waals surface area contributed by atoms with Gasteiger partial charge >= 0.3 is 12.1 Å². The molecule has 2 aromatic carbocycles. The molecular formula is C31H36F3NO5. The number of halogens is 3. The Bertz CT molecular complexity index is 1280. The molecule has 216 valence electrons. The van der Waals surface area contributed by atoms with Crippen molar-refractivity contribution in [1.82, 2.24) is 0 Å². The number of anilines is 1. The van der Waals surface area contributed by atoms with Gasteiger partial charge in [-0.15, -0.1) is 0 Å². The molecule has 4 bridgehead atoms. The number of benzene rings is 2. The molecule has 0 radical (unpaired) electrons. The fourth-order valence-electron chi connectivity index (χ4n) is 7.55. The lowest BCUT2D eigenvalue weighted by Gasteiger charge is -2.61. The fourth-order valence-corrected chi connectivity index (χ4v) is 7.55. The number of ether oxygens (including phenoxy) is 3. The SMILES string of the molecule is COCCOc1ccc(C(F)(F)F)cc1NC(=O)COC(=O)C12C[C@H]3C[C@@H](C1)CC(c1ccc(C)c(C)c1)(C3)C2. The second-order valence-corrected chi connectivity index (χ2v) is 12.0. The lowest BCUT2D eigenvalue weighted by molar-refractivity contribution is -0.175. The quantitative estimate of drug-likeness (QED) is 0.286. The average molecular weight is 560 g/mol. The summed E-state index contributed by atoms with van der Waals surface area (Å²) in [6.07, 6.45) is 0.834. The molecule has 1 N–H and O–H groups in total. The van der Waals surface area contributed by atoms with E-state index in [9.17, 15) is 22.8 Å². The summed E-state index contributed by atoms with van der Waals surface area (Å²) in [6, 6.07) is 9.46. The second-order valence-electron chi connectivity index (χ2n) is 12.0. The highest BCUT2D eigenvalue weighted by molar-refractivity contribution is 5.94. The molecule has 0 aromatic heterocycles. The minimum absolute atomic E-state index is 0.0705. The highest BCUT2D eigenvalue weighted by Crippen LogP contribution is 2.66. The normalized spacial score (nSPS) is 26.9. The summed E-state index contributed by atoms with van der Waals surface area (Å²) >= 11 is 0. The van der Waals surface area contributed by atoms with Gasteiger partial charge in [-0.3, -0.25) is 9.59 Å². The third kappa shape index (κ3) is 5.57. The number of alkyl halides is 3. The molecule has 2 unspecified atom stereocenters. The van der Waals surface area contributed by atoms with E-state index < -0.39 is 29.7 Å². The first kappa shape index (κ1) is 28.5. The van der Waals surface area contributed by atoms with Crippen LogP contribution in [0.15, 0.2) is 36.4 Å². The lowest BCUT2D eigenvalue weighted by Crippen LogP contribution is -2.57. The van der Waals surface area contributed by atoms with Gasteiger partial charge in [-0.05, 0) is 105 Å². The Morgan fingerprint density at radius 2 is 1.70 bits per heavy atom. The summed E-state index contributed by atoms with van der Waals surface area (Å²) in [4.78, 5) is 26.4. The Morgan fingerprint density at radius 3 is 2.35 bits per heavy atom. The number of methoxy groups -OCH3 is 1. The number of carbonyl (C=O) groups is 2. The van der Waals surface area contributed by atoms with Gasteiger partial charge in [0.15, 0.2) is 6.61 Å². The Labute approximate surface area is 232 Å². The van der Waals surface area contributed by atoms with Gasteiger partial charge in [-0.25, -0.2) is 0 Å². The standard InChI is InChI=1S/C31H36F3NO5/c1-19-4-5-23(10-20(19)2)29-13-21-11-22(14-29)16-30(15-21,18-29)28(37)40-17-27(36)35-25-12-24(31(32,33)34)6-7-26(25)39-9-8-38-3/h4-7,10,12,21-22H,8-9,11,13-18H2,1-3H3,(H,35,36)/t21-,22+,29?,30?. The summed E-state index contributed by atoms with van der Waals surface area (Å²) in [7, 11) is 1.47. The van der Waals surface area contributed by atoms with Crippen LogP contribution in [0.25, 0.3) is 0 Å². The molecule has 4 aliphatic rings. The molecule has 6 rings (SSSR count). The molecule has 0 saturated heterocycles. The highest BCUT2D eigenvalue weighted by atomic mass is 19.4. The van der Waals surface area contributed by atoms with E-state index in [4.69, 9.17) is 14.2 Å². The molecule has 4 aliphatic carbocycles. The Kier molecular flexibility index (Phi) is 7.63. The van der Waals surface area contributed by atoms with E-state index in [0.717, 1.165) is 50.3 Å². The summed E-state index contributed by atoms with van der Waals surface area (Å²) < 4.78 is 55.9. The molecule has 4 fully saturated rings. The largest absolute Gasteiger partial charge is 0.489 e. The predicted molar refractivity (Wildman–Crippen MR) is 143 cm³/mol. The van der Waals surface area contributed by atoms with E-state index in [1.54, 1.807) is 0 Å². The zero-order valence-corrected chi connectivity index (χ0v) is 23.2. The highest BCUT2D eigenvalue weighted by Gasteiger charge is 2.61. The number of esters is 1. The van der Waals surface area contributed by atoms with Gasteiger partial charge in [0.2, 0.25) is 0 Å². The second kappa shape index (κ2) is 10.7. The van der Waals surface area contributed by atoms with E-state index in [1.165, 1.54) is 23.8 Å². The minimum atomic E-state index is -4.60. The molecule has 0 aliphatic heterocycles. The van der Waals surface area contributed by atoms with Crippen LogP contribution in [-0.4, -0.2) is 38.8 Å². The lowest BCUT2D eigenvalue weighted by atomic mass is 9.43. The van der Waals surface area contributed by atoms with E-state index in [-0.39, 0.29) is 36.0 Å². The first-order chi connectivity index (χ1) is 18.9. The maximum absolute atomic E-state index is 13.6. The Hall–Kier alpha value is -3.07. The van der Waals surface area contributed by atoms with Crippen LogP contribution in [0, 0.1) is 31.1 Å². The first-order valence-corrected chi connectivity index (χ1v) is 13.8. The third-order valence-electron chi connectivity index (χ3n) is 9.07. The van der Waals surface area contributed by atoms with Gasteiger partial charge in [0.25, 0.3) is 5.91 Å². The van der Waals surface area contributed by atoms with Crippen molar-refractivity contribution in [2.45, 2.75) is 64.0 Å². The number of aryl methyl sites for hydroxylation is 2. The molecule has 2 aromatic rings. The number of amides is 1. The number of nitrogens with one attached hydrogen (secondary N) is 1. The molecule has 4 saturated carbocycles. The van der Waals surface area contributed by atoms with Crippen LogP contribution in [0.3, 0.4) is 0 Å². The topological polar surface area (TPSA) is 73.9 Å². The molecule has 40 heavy (non-hydrogen) atoms. The van der Waals surface area contributed by atoms with Crippen LogP contribution in [0.1, 0.15) is 60.8 Å². The number of carbonyl (C=O) groups excluding carboxylic acids is 2. The van der Waals surface area contributed by atoms with Crippen molar-refractivity contribution >= 4 is 17.6 Å². The van der Waals surface area contributed by atoms with E-state index in [0.29, 0.717) is 18.3 Å². The molecule has 6 nitrogen and oxygen atoms in total. The Morgan fingerprint density at radius 1 is 0.975 bits per heavy atom. The van der Waals surface area contributed by atoms with Crippen LogP contribution in [0.2, 0.25) is 0 Å². The zero-order valence-electron chi connectivity index (χ0n) is 23.2. The van der Waals surface area contributed by atoms with Gasteiger partial charge < -0.3 is 19.5 Å². The van der Waals surface area contributed by atoms with E-state index in [1.807, 2.05) is 0 Å². The molecule has 0 heterocycles. The maximum Gasteiger partial charge on any atom is 0.416 e. The first-order valence-electron chi connectivity index (χ1n) is 13.8. The molecule has 4 atom stereocenters. The van der Waals surface area contributed by atoms with Crippen molar-refractivity contribution < 1.29 is 37.0 Å².